The first kappa shape index (κ1) is 30.2. The number of halogens is 1. The van der Waals surface area contributed by atoms with Crippen LogP contribution in [-0.2, 0) is 25.0 Å². The van der Waals surface area contributed by atoms with E-state index in [-0.39, 0.29) is 29.6 Å². The van der Waals surface area contributed by atoms with Gasteiger partial charge in [0.15, 0.2) is 0 Å². The maximum Gasteiger partial charge on any atom is 0.555 e. The Labute approximate surface area is 234 Å². The number of morpholine rings is 1. The minimum absolute atomic E-state index is 0.0617. The third-order valence-electron chi connectivity index (χ3n) is 6.29. The lowest BCUT2D eigenvalue weighted by Gasteiger charge is -2.29. The first-order valence-electron chi connectivity index (χ1n) is 12.0. The number of anilines is 2. The SMILES string of the molecule is O=C1O[C@@H](CNC(=S)Oc2ccc(CC(O)([P+](=O)O)P(=O)(O)O)cc2)CN1c1ccc(N2CCOCC2)c(F)c1. The van der Waals surface area contributed by atoms with Crippen molar-refractivity contribution in [3.63, 3.8) is 0 Å². The molecule has 0 bridgehead atoms. The van der Waals surface area contributed by atoms with Crippen LogP contribution >= 0.6 is 27.8 Å². The highest BCUT2D eigenvalue weighted by Crippen LogP contribution is 2.61. The minimum atomic E-state index is -5.31. The molecule has 2 fully saturated rings. The topological polar surface area (TPSA) is 178 Å². The normalized spacial score (nSPS) is 19.6. The molecule has 0 saturated carbocycles. The van der Waals surface area contributed by atoms with Crippen molar-refractivity contribution in [1.29, 1.82) is 0 Å². The van der Waals surface area contributed by atoms with Crippen LogP contribution in [0.1, 0.15) is 5.56 Å². The summed E-state index contributed by atoms with van der Waals surface area (Å²) in [6.07, 6.45) is -2.01. The Morgan fingerprint density at radius 2 is 1.90 bits per heavy atom. The second-order valence-electron chi connectivity index (χ2n) is 9.03. The molecule has 2 heterocycles. The molecule has 1 amide bonds. The second kappa shape index (κ2) is 12.4. The van der Waals surface area contributed by atoms with Crippen LogP contribution in [0.3, 0.4) is 0 Å². The number of amides is 1. The molecule has 2 saturated heterocycles. The second-order valence-corrected chi connectivity index (χ2v) is 12.9. The molecule has 2 aliphatic rings. The number of carbonyl (C=O) groups is 1. The summed E-state index contributed by atoms with van der Waals surface area (Å²) in [6.45, 7) is 2.44. The van der Waals surface area contributed by atoms with E-state index in [0.29, 0.717) is 37.7 Å². The number of ether oxygens (including phenoxy) is 3. The molecule has 2 aliphatic heterocycles. The monoisotopic (exact) mass is 618 g/mol. The zero-order valence-corrected chi connectivity index (χ0v) is 23.5. The number of nitrogens with one attached hydrogen (secondary N) is 1. The maximum absolute atomic E-state index is 14.8. The van der Waals surface area contributed by atoms with Crippen molar-refractivity contribution in [2.24, 2.45) is 0 Å². The molecule has 5 N–H and O–H groups in total. The van der Waals surface area contributed by atoms with Gasteiger partial charge in [0, 0.05) is 13.1 Å². The predicted molar refractivity (Wildman–Crippen MR) is 145 cm³/mol. The largest absolute Gasteiger partial charge is 0.555 e. The smallest absolute Gasteiger partial charge is 0.442 e. The van der Waals surface area contributed by atoms with Crippen LogP contribution in [-0.4, -0.2) is 81.6 Å². The van der Waals surface area contributed by atoms with Crippen molar-refractivity contribution in [3.05, 3.63) is 53.8 Å². The first-order valence-corrected chi connectivity index (χ1v) is 15.2. The summed E-state index contributed by atoms with van der Waals surface area (Å²) in [5.74, 6) is -0.221. The molecule has 0 spiro atoms. The van der Waals surface area contributed by atoms with Gasteiger partial charge in [0.1, 0.15) is 17.7 Å². The number of hydrogen-bond donors (Lipinski definition) is 5. The Balaban J connectivity index is 1.28. The molecule has 216 valence electrons. The summed E-state index contributed by atoms with van der Waals surface area (Å²) in [7, 11) is -8.91. The van der Waals surface area contributed by atoms with E-state index in [1.165, 1.54) is 35.2 Å². The lowest BCUT2D eigenvalue weighted by Crippen LogP contribution is -2.37. The number of rotatable bonds is 9. The van der Waals surface area contributed by atoms with E-state index >= 15 is 0 Å². The average molecular weight is 618 g/mol. The van der Waals surface area contributed by atoms with Crippen molar-refractivity contribution in [3.8, 4) is 5.75 Å². The van der Waals surface area contributed by atoms with Gasteiger partial charge in [-0.15, -0.1) is 0 Å². The molecule has 17 heteroatoms. The first-order chi connectivity index (χ1) is 18.9. The summed E-state index contributed by atoms with van der Waals surface area (Å²) in [4.78, 5) is 43.4. The fourth-order valence-electron chi connectivity index (χ4n) is 4.13. The van der Waals surface area contributed by atoms with E-state index in [4.69, 9.17) is 26.4 Å². The Hall–Kier alpha value is -2.74. The molecular formula is C23H27FN3O10P2S+. The molecule has 40 heavy (non-hydrogen) atoms. The van der Waals surface area contributed by atoms with Gasteiger partial charge < -0.3 is 39.3 Å². The molecular weight excluding hydrogens is 591 g/mol. The maximum atomic E-state index is 14.8. The molecule has 2 aromatic carbocycles. The standard InChI is InChI=1S/C23H26FN3O10P2S/c24-19-11-16(3-6-20(19)26-7-9-35-10-8-26)27-14-18(37-22(27)28)13-25-21(40)36-17-4-1-15(2-5-17)12-23(29,38(30)31)39(32,33)34/h1-6,11,18,29H,7-10,12-14H2,(H3-,25,30,31,32,33,34,40)/p+1/t18-,23?/m0/s1. The number of cyclic esters (lactones) is 1. The lowest BCUT2D eigenvalue weighted by atomic mass is 10.1. The molecule has 0 aromatic heterocycles. The van der Waals surface area contributed by atoms with Crippen LogP contribution in [0.4, 0.5) is 20.6 Å². The number of benzene rings is 2. The molecule has 4 rings (SSSR count). The summed E-state index contributed by atoms with van der Waals surface area (Å²) in [5.41, 5.74) is 0.967. The third-order valence-corrected chi connectivity index (χ3v) is 9.68. The fraction of sp³-hybridized carbons (Fsp3) is 0.391. The highest BCUT2D eigenvalue weighted by Gasteiger charge is 2.62. The van der Waals surface area contributed by atoms with Gasteiger partial charge in [0.05, 0.1) is 44.1 Å². The van der Waals surface area contributed by atoms with Crippen LogP contribution in [0.5, 0.6) is 5.75 Å². The predicted octanol–water partition coefficient (Wildman–Crippen LogP) is 2.04. The lowest BCUT2D eigenvalue weighted by molar-refractivity contribution is 0.122. The van der Waals surface area contributed by atoms with Crippen molar-refractivity contribution in [2.45, 2.75) is 17.6 Å². The summed E-state index contributed by atoms with van der Waals surface area (Å²) in [6, 6.07) is 10.0. The third kappa shape index (κ3) is 6.93. The molecule has 0 aliphatic carbocycles. The van der Waals surface area contributed by atoms with Gasteiger partial charge in [-0.05, 0) is 52.7 Å². The van der Waals surface area contributed by atoms with Gasteiger partial charge in [-0.25, -0.2) is 9.18 Å². The number of hydrogen-bond acceptors (Lipinski definition) is 9. The van der Waals surface area contributed by atoms with Crippen molar-refractivity contribution in [2.75, 3.05) is 49.2 Å². The number of thiocarbonyl (C=S) groups is 1. The molecule has 3 atom stereocenters. The van der Waals surface area contributed by atoms with E-state index in [2.05, 4.69) is 5.32 Å². The molecule has 13 nitrogen and oxygen atoms in total. The van der Waals surface area contributed by atoms with E-state index in [9.17, 15) is 38.1 Å². The number of aliphatic hydroxyl groups is 1. The van der Waals surface area contributed by atoms with Crippen LogP contribution in [0, 0.1) is 5.82 Å². The van der Waals surface area contributed by atoms with Crippen molar-refractivity contribution >= 4 is 50.5 Å². The van der Waals surface area contributed by atoms with Gasteiger partial charge in [-0.3, -0.25) is 9.46 Å². The highest BCUT2D eigenvalue weighted by atomic mass is 32.1. The van der Waals surface area contributed by atoms with Gasteiger partial charge in [-0.2, -0.15) is 4.89 Å². The summed E-state index contributed by atoms with van der Waals surface area (Å²) >= 11 is 5.15. The van der Waals surface area contributed by atoms with Crippen molar-refractivity contribution in [1.82, 2.24) is 5.32 Å². The number of nitrogens with zero attached hydrogens (tertiary/aromatic N) is 2. The van der Waals surface area contributed by atoms with Crippen LogP contribution in [0.2, 0.25) is 0 Å². The average Bonchev–Trinajstić information content (AvgIpc) is 3.28. The van der Waals surface area contributed by atoms with E-state index in [1.54, 1.807) is 12.1 Å². The van der Waals surface area contributed by atoms with Crippen LogP contribution in [0.15, 0.2) is 42.5 Å². The van der Waals surface area contributed by atoms with E-state index < -0.39 is 45.1 Å². The number of carbonyl (C=O) groups excluding carboxylic acids is 1. The zero-order chi connectivity index (χ0) is 29.1. The van der Waals surface area contributed by atoms with Crippen molar-refractivity contribution < 1.29 is 52.3 Å². The van der Waals surface area contributed by atoms with Crippen LogP contribution < -0.4 is 19.9 Å². The zero-order valence-electron chi connectivity index (χ0n) is 20.9. The van der Waals surface area contributed by atoms with Crippen LogP contribution in [0.25, 0.3) is 0 Å². The molecule has 2 unspecified atom stereocenters. The van der Waals surface area contributed by atoms with Gasteiger partial charge in [0.2, 0.25) is 0 Å². The molecule has 2 aromatic rings. The highest BCUT2D eigenvalue weighted by molar-refractivity contribution is 7.80. The van der Waals surface area contributed by atoms with Gasteiger partial charge in [-0.1, -0.05) is 12.1 Å². The quantitative estimate of drug-likeness (QED) is 0.204. The minimum Gasteiger partial charge on any atom is -0.442 e. The van der Waals surface area contributed by atoms with Gasteiger partial charge in [0.25, 0.3) is 5.17 Å². The van der Waals surface area contributed by atoms with E-state index in [0.717, 1.165) is 0 Å². The van der Waals surface area contributed by atoms with Gasteiger partial charge >= 0.3 is 26.8 Å². The fourth-order valence-corrected chi connectivity index (χ4v) is 5.91. The van der Waals surface area contributed by atoms with E-state index in [1.807, 2.05) is 4.90 Å². The Kier molecular flexibility index (Phi) is 9.38. The Bertz CT molecular complexity index is 1320. The Morgan fingerprint density at radius 1 is 1.23 bits per heavy atom. The molecule has 0 radical (unpaired) electrons. The Morgan fingerprint density at radius 3 is 2.50 bits per heavy atom. The summed E-state index contributed by atoms with van der Waals surface area (Å²) in [5, 5.41) is 9.67. The summed E-state index contributed by atoms with van der Waals surface area (Å²) < 4.78 is 53.8.